The highest BCUT2D eigenvalue weighted by molar-refractivity contribution is 5.18. The third-order valence-electron chi connectivity index (χ3n) is 5.05. The van der Waals surface area contributed by atoms with Crippen molar-refractivity contribution in [1.82, 2.24) is 4.57 Å². The molecular weight excluding hydrogens is 304 g/mol. The van der Waals surface area contributed by atoms with Gasteiger partial charge in [0.05, 0.1) is 19.5 Å². The molecule has 0 atom stereocenters. The molecule has 2 nitrogen and oxygen atoms in total. The minimum absolute atomic E-state index is 1.04. The molecule has 138 valence electrons. The Balaban J connectivity index is 1.99. The van der Waals surface area contributed by atoms with Crippen molar-refractivity contribution >= 4 is 0 Å². The minimum Gasteiger partial charge on any atom is -0.234 e. The second kappa shape index (κ2) is 11.9. The summed E-state index contributed by atoms with van der Waals surface area (Å²) < 4.78 is 4.99. The van der Waals surface area contributed by atoms with Crippen LogP contribution in [0.15, 0.2) is 42.7 Å². The maximum Gasteiger partial charge on any atom is 0.260 e. The van der Waals surface area contributed by atoms with E-state index in [-0.39, 0.29) is 0 Å². The Kier molecular flexibility index (Phi) is 9.40. The highest BCUT2D eigenvalue weighted by Gasteiger charge is 2.17. The van der Waals surface area contributed by atoms with Crippen LogP contribution in [-0.4, -0.2) is 4.57 Å². The molecule has 0 unspecified atom stereocenters. The molecular formula is C23H37N2+. The van der Waals surface area contributed by atoms with Crippen molar-refractivity contribution in [1.29, 1.82) is 0 Å². The normalized spacial score (nSPS) is 11.1. The van der Waals surface area contributed by atoms with Crippen LogP contribution in [0.3, 0.4) is 0 Å². The van der Waals surface area contributed by atoms with Gasteiger partial charge in [0.1, 0.15) is 12.4 Å². The van der Waals surface area contributed by atoms with E-state index in [1.165, 1.54) is 69.2 Å². The van der Waals surface area contributed by atoms with E-state index in [9.17, 15) is 0 Å². The number of aromatic nitrogens is 2. The largest absolute Gasteiger partial charge is 0.260 e. The number of unbranched alkanes of at least 4 members (excludes halogenated alkanes) is 7. The third-order valence-corrected chi connectivity index (χ3v) is 5.05. The zero-order valence-electron chi connectivity index (χ0n) is 16.4. The van der Waals surface area contributed by atoms with Crippen molar-refractivity contribution in [2.24, 2.45) is 0 Å². The van der Waals surface area contributed by atoms with E-state index in [1.807, 2.05) is 0 Å². The fraction of sp³-hybridized carbons (Fsp3) is 0.609. The topological polar surface area (TPSA) is 8.81 Å². The number of nitrogens with zero attached hydrogens (tertiary/aromatic N) is 2. The molecule has 2 heteroatoms. The zero-order chi connectivity index (χ0) is 17.7. The molecule has 0 spiro atoms. The van der Waals surface area contributed by atoms with Crippen molar-refractivity contribution in [2.75, 3.05) is 0 Å². The first kappa shape index (κ1) is 19.8. The average molecular weight is 342 g/mol. The summed E-state index contributed by atoms with van der Waals surface area (Å²) in [6.07, 6.45) is 17.7. The maximum atomic E-state index is 2.50. The Bertz CT molecular complexity index is 571. The molecule has 2 rings (SSSR count). The lowest BCUT2D eigenvalue weighted by atomic mass is 10.1. The lowest BCUT2D eigenvalue weighted by Gasteiger charge is -2.06. The lowest BCUT2D eigenvalue weighted by molar-refractivity contribution is -0.703. The van der Waals surface area contributed by atoms with Crippen LogP contribution >= 0.6 is 0 Å². The zero-order valence-corrected chi connectivity index (χ0v) is 16.4. The van der Waals surface area contributed by atoms with Crippen molar-refractivity contribution in [2.45, 2.75) is 91.1 Å². The van der Waals surface area contributed by atoms with Gasteiger partial charge in [-0.3, -0.25) is 0 Å². The van der Waals surface area contributed by atoms with Gasteiger partial charge in [0.2, 0.25) is 0 Å². The maximum absolute atomic E-state index is 2.50. The van der Waals surface area contributed by atoms with E-state index in [4.69, 9.17) is 0 Å². The summed E-state index contributed by atoms with van der Waals surface area (Å²) in [5.41, 5.74) is 1.41. The summed E-state index contributed by atoms with van der Waals surface area (Å²) >= 11 is 0. The number of hydrogen-bond donors (Lipinski definition) is 0. The van der Waals surface area contributed by atoms with Gasteiger partial charge >= 0.3 is 0 Å². The van der Waals surface area contributed by atoms with Crippen LogP contribution < -0.4 is 4.57 Å². The van der Waals surface area contributed by atoms with E-state index in [0.717, 1.165) is 19.5 Å². The van der Waals surface area contributed by atoms with Gasteiger partial charge in [-0.2, -0.15) is 0 Å². The third kappa shape index (κ3) is 7.05. The summed E-state index contributed by atoms with van der Waals surface area (Å²) in [6.45, 7) is 6.88. The number of rotatable bonds is 13. The number of benzene rings is 1. The summed E-state index contributed by atoms with van der Waals surface area (Å²) in [6, 6.07) is 10.9. The molecule has 1 aromatic heterocycles. The van der Waals surface area contributed by atoms with Gasteiger partial charge in [-0.15, -0.1) is 0 Å². The molecule has 1 aromatic carbocycles. The van der Waals surface area contributed by atoms with E-state index < -0.39 is 0 Å². The molecule has 0 aliphatic carbocycles. The van der Waals surface area contributed by atoms with Gasteiger partial charge in [-0.05, 0) is 31.2 Å². The van der Waals surface area contributed by atoms with Gasteiger partial charge in [-0.25, -0.2) is 9.13 Å². The van der Waals surface area contributed by atoms with Crippen molar-refractivity contribution in [3.8, 4) is 0 Å². The van der Waals surface area contributed by atoms with Gasteiger partial charge in [-0.1, -0.05) is 76.3 Å². The van der Waals surface area contributed by atoms with Crippen molar-refractivity contribution in [3.05, 3.63) is 54.1 Å². The second-order valence-corrected chi connectivity index (χ2v) is 7.24. The van der Waals surface area contributed by atoms with Crippen molar-refractivity contribution in [3.63, 3.8) is 0 Å². The minimum atomic E-state index is 1.04. The van der Waals surface area contributed by atoms with Crippen molar-refractivity contribution < 1.29 is 4.57 Å². The first-order valence-electron chi connectivity index (χ1n) is 10.5. The van der Waals surface area contributed by atoms with Crippen LogP contribution in [0, 0.1) is 0 Å². The SMILES string of the molecule is CCCCCCC[n+]1ccn(CCCCCC)c1Cc1ccccc1. The van der Waals surface area contributed by atoms with E-state index >= 15 is 0 Å². The van der Waals surface area contributed by atoms with E-state index in [1.54, 1.807) is 0 Å². The molecule has 0 aliphatic rings. The highest BCUT2D eigenvalue weighted by Crippen LogP contribution is 2.10. The fourth-order valence-corrected chi connectivity index (χ4v) is 3.48. The number of hydrogen-bond acceptors (Lipinski definition) is 0. The molecule has 25 heavy (non-hydrogen) atoms. The molecule has 0 saturated carbocycles. The molecule has 0 fully saturated rings. The number of imidazole rings is 1. The fourth-order valence-electron chi connectivity index (χ4n) is 3.48. The molecule has 2 aromatic rings. The smallest absolute Gasteiger partial charge is 0.234 e. The van der Waals surface area contributed by atoms with Crippen LogP contribution in [0.1, 0.15) is 83.0 Å². The Hall–Kier alpha value is -1.57. The molecule has 0 aliphatic heterocycles. The molecule has 0 amide bonds. The van der Waals surface area contributed by atoms with Crippen LogP contribution in [0.25, 0.3) is 0 Å². The molecule has 1 heterocycles. The standard InChI is InChI=1S/C23H37N2/c1-3-5-7-9-14-18-25-20-19-24(17-13-8-6-4-2)23(25)21-22-15-11-10-12-16-22/h10-12,15-16,19-20H,3-9,13-14,17-18,21H2,1-2H3/q+1. The van der Waals surface area contributed by atoms with Gasteiger partial charge in [0.25, 0.3) is 5.82 Å². The number of aryl methyl sites for hydroxylation is 2. The van der Waals surface area contributed by atoms with E-state index in [2.05, 4.69) is 65.7 Å². The quantitative estimate of drug-likeness (QED) is 0.316. The van der Waals surface area contributed by atoms with Crippen LogP contribution in [0.4, 0.5) is 0 Å². The molecule has 0 saturated heterocycles. The first-order chi connectivity index (χ1) is 12.3. The Morgan fingerprint density at radius 3 is 2.20 bits per heavy atom. The predicted molar refractivity (Wildman–Crippen MR) is 107 cm³/mol. The first-order valence-corrected chi connectivity index (χ1v) is 10.5. The summed E-state index contributed by atoms with van der Waals surface area (Å²) in [4.78, 5) is 0. The molecule has 0 radical (unpaired) electrons. The summed E-state index contributed by atoms with van der Waals surface area (Å²) in [5, 5.41) is 0. The van der Waals surface area contributed by atoms with Crippen LogP contribution in [0.5, 0.6) is 0 Å². The van der Waals surface area contributed by atoms with E-state index in [0.29, 0.717) is 0 Å². The monoisotopic (exact) mass is 341 g/mol. The van der Waals surface area contributed by atoms with Gasteiger partial charge in [0.15, 0.2) is 0 Å². The van der Waals surface area contributed by atoms with Gasteiger partial charge < -0.3 is 0 Å². The Morgan fingerprint density at radius 2 is 1.48 bits per heavy atom. The predicted octanol–water partition coefficient (Wildman–Crippen LogP) is 5.92. The Labute approximate surface area is 154 Å². The van der Waals surface area contributed by atoms with Gasteiger partial charge in [0, 0.05) is 0 Å². The lowest BCUT2D eigenvalue weighted by Crippen LogP contribution is -2.37. The summed E-state index contributed by atoms with van der Waals surface area (Å²) in [7, 11) is 0. The highest BCUT2D eigenvalue weighted by atomic mass is 15.1. The van der Waals surface area contributed by atoms with Crippen LogP contribution in [0.2, 0.25) is 0 Å². The second-order valence-electron chi connectivity index (χ2n) is 7.24. The molecule has 0 N–H and O–H groups in total. The average Bonchev–Trinajstić information content (AvgIpc) is 3.01. The Morgan fingerprint density at radius 1 is 0.800 bits per heavy atom. The molecule has 0 bridgehead atoms. The van der Waals surface area contributed by atoms with Crippen LogP contribution in [-0.2, 0) is 19.5 Å². The summed E-state index contributed by atoms with van der Waals surface area (Å²) in [5.74, 6) is 1.47.